The van der Waals surface area contributed by atoms with E-state index in [0.29, 0.717) is 17.9 Å². The molecule has 2 aromatic carbocycles. The van der Waals surface area contributed by atoms with Gasteiger partial charge in [0.25, 0.3) is 5.91 Å². The summed E-state index contributed by atoms with van der Waals surface area (Å²) in [7, 11) is 1.49. The maximum atomic E-state index is 12.3. The fourth-order valence-electron chi connectivity index (χ4n) is 2.84. The molecule has 0 radical (unpaired) electrons. The zero-order valence-electron chi connectivity index (χ0n) is 18.6. The largest absolute Gasteiger partial charge is 0.494 e. The van der Waals surface area contributed by atoms with Crippen molar-refractivity contribution < 1.29 is 23.9 Å². The van der Waals surface area contributed by atoms with Gasteiger partial charge in [-0.1, -0.05) is 31.5 Å². The van der Waals surface area contributed by atoms with Crippen LogP contribution >= 0.6 is 0 Å². The highest BCUT2D eigenvalue weighted by Crippen LogP contribution is 2.19. The summed E-state index contributed by atoms with van der Waals surface area (Å²) in [5.74, 6) is -0.722. The van der Waals surface area contributed by atoms with Gasteiger partial charge in [-0.25, -0.2) is 4.79 Å². The maximum absolute atomic E-state index is 12.3. The van der Waals surface area contributed by atoms with Crippen molar-refractivity contribution >= 4 is 23.5 Å². The van der Waals surface area contributed by atoms with E-state index >= 15 is 0 Å². The molecule has 0 aromatic heterocycles. The molecule has 0 aliphatic rings. The second-order valence-corrected chi connectivity index (χ2v) is 7.37. The fraction of sp³-hybridized carbons (Fsp3) is 0.375. The number of amides is 2. The van der Waals surface area contributed by atoms with E-state index in [1.165, 1.54) is 11.9 Å². The Balaban J connectivity index is 1.80. The molecule has 0 saturated heterocycles. The van der Waals surface area contributed by atoms with Crippen molar-refractivity contribution in [2.45, 2.75) is 33.6 Å². The molecule has 0 bridgehead atoms. The van der Waals surface area contributed by atoms with Gasteiger partial charge in [0, 0.05) is 12.7 Å². The molecule has 0 aliphatic heterocycles. The third-order valence-electron chi connectivity index (χ3n) is 4.74. The Bertz CT molecular complexity index is 888. The third-order valence-corrected chi connectivity index (χ3v) is 4.74. The van der Waals surface area contributed by atoms with Crippen LogP contribution < -0.4 is 10.1 Å². The number of para-hydroxylation sites is 1. The first-order chi connectivity index (χ1) is 14.8. The molecule has 1 N–H and O–H groups in total. The number of benzene rings is 2. The highest BCUT2D eigenvalue weighted by Gasteiger charge is 2.17. The lowest BCUT2D eigenvalue weighted by atomic mass is 10.1. The Hall–Kier alpha value is -3.35. The molecule has 2 amide bonds. The van der Waals surface area contributed by atoms with Crippen molar-refractivity contribution in [1.29, 1.82) is 0 Å². The van der Waals surface area contributed by atoms with Crippen LogP contribution in [0.1, 0.15) is 41.3 Å². The van der Waals surface area contributed by atoms with E-state index in [-0.39, 0.29) is 12.5 Å². The van der Waals surface area contributed by atoms with Crippen LogP contribution in [0, 0.1) is 13.8 Å². The average Bonchev–Trinajstić information content (AvgIpc) is 2.75. The summed E-state index contributed by atoms with van der Waals surface area (Å²) in [4.78, 5) is 37.9. The number of unbranched alkanes of at least 4 members (excludes halogenated alkanes) is 1. The smallest absolute Gasteiger partial charge is 0.338 e. The zero-order chi connectivity index (χ0) is 22.8. The number of esters is 1. The van der Waals surface area contributed by atoms with Gasteiger partial charge in [0.15, 0.2) is 6.61 Å². The van der Waals surface area contributed by atoms with Crippen molar-refractivity contribution in [2.24, 2.45) is 0 Å². The van der Waals surface area contributed by atoms with E-state index in [1.807, 2.05) is 32.0 Å². The molecule has 0 atom stereocenters. The predicted octanol–water partition coefficient (Wildman–Crippen LogP) is 3.74. The third kappa shape index (κ3) is 7.44. The van der Waals surface area contributed by atoms with Gasteiger partial charge in [-0.3, -0.25) is 9.59 Å². The van der Waals surface area contributed by atoms with Crippen molar-refractivity contribution in [3.05, 3.63) is 59.2 Å². The summed E-state index contributed by atoms with van der Waals surface area (Å²) in [5, 5.41) is 2.83. The van der Waals surface area contributed by atoms with Gasteiger partial charge in [0.1, 0.15) is 5.75 Å². The van der Waals surface area contributed by atoms with Gasteiger partial charge in [-0.15, -0.1) is 0 Å². The van der Waals surface area contributed by atoms with E-state index in [2.05, 4.69) is 12.2 Å². The summed E-state index contributed by atoms with van der Waals surface area (Å²) in [6.07, 6.45) is 2.00. The van der Waals surface area contributed by atoms with Gasteiger partial charge in [-0.2, -0.15) is 0 Å². The lowest BCUT2D eigenvalue weighted by Gasteiger charge is -2.18. The second-order valence-electron chi connectivity index (χ2n) is 7.37. The zero-order valence-corrected chi connectivity index (χ0v) is 18.6. The number of carbonyl (C=O) groups excluding carboxylic acids is 3. The first-order valence-corrected chi connectivity index (χ1v) is 10.3. The number of nitrogens with one attached hydrogen (secondary N) is 1. The Morgan fingerprint density at radius 1 is 1.00 bits per heavy atom. The molecule has 0 saturated carbocycles. The SMILES string of the molecule is CCCCOc1ccc(C(=O)OCC(=O)N(C)CC(=O)Nc2c(C)cccc2C)cc1. The minimum atomic E-state index is -0.609. The lowest BCUT2D eigenvalue weighted by molar-refractivity contribution is -0.136. The van der Waals surface area contributed by atoms with Gasteiger partial charge < -0.3 is 19.7 Å². The lowest BCUT2D eigenvalue weighted by Crippen LogP contribution is -2.37. The van der Waals surface area contributed by atoms with Crippen LogP contribution in [0.2, 0.25) is 0 Å². The number of anilines is 1. The van der Waals surface area contributed by atoms with Crippen LogP contribution in [-0.2, 0) is 14.3 Å². The number of carbonyl (C=O) groups is 3. The highest BCUT2D eigenvalue weighted by molar-refractivity contribution is 5.96. The van der Waals surface area contributed by atoms with Gasteiger partial charge in [-0.05, 0) is 55.7 Å². The monoisotopic (exact) mass is 426 g/mol. The molecule has 166 valence electrons. The number of hydrogen-bond donors (Lipinski definition) is 1. The molecular weight excluding hydrogens is 396 g/mol. The Kier molecular flexibility index (Phi) is 9.06. The number of likely N-dealkylation sites (N-methyl/N-ethyl adjacent to an activating group) is 1. The molecule has 0 spiro atoms. The minimum Gasteiger partial charge on any atom is -0.494 e. The predicted molar refractivity (Wildman–Crippen MR) is 119 cm³/mol. The standard InChI is InChI=1S/C24H30N2O5/c1-5-6-14-30-20-12-10-19(11-13-20)24(29)31-16-22(28)26(4)15-21(27)25-23-17(2)8-7-9-18(23)3/h7-13H,5-6,14-16H2,1-4H3,(H,25,27). The Morgan fingerprint density at radius 3 is 2.26 bits per heavy atom. The van der Waals surface area contributed by atoms with Crippen molar-refractivity contribution in [1.82, 2.24) is 4.90 Å². The molecule has 7 heteroatoms. The molecule has 0 fully saturated rings. The van der Waals surface area contributed by atoms with Crippen molar-refractivity contribution in [2.75, 3.05) is 32.1 Å². The Labute approximate surface area is 183 Å². The summed E-state index contributed by atoms with van der Waals surface area (Å²) >= 11 is 0. The van der Waals surface area contributed by atoms with Gasteiger partial charge >= 0.3 is 5.97 Å². The highest BCUT2D eigenvalue weighted by atomic mass is 16.5. The molecule has 0 heterocycles. The molecule has 7 nitrogen and oxygen atoms in total. The number of rotatable bonds is 10. The molecule has 0 unspecified atom stereocenters. The van der Waals surface area contributed by atoms with Crippen LogP contribution in [0.4, 0.5) is 5.69 Å². The van der Waals surface area contributed by atoms with Crippen LogP contribution in [0.15, 0.2) is 42.5 Å². The van der Waals surface area contributed by atoms with Crippen LogP contribution in [0.3, 0.4) is 0 Å². The van der Waals surface area contributed by atoms with Crippen LogP contribution in [0.25, 0.3) is 0 Å². The van der Waals surface area contributed by atoms with E-state index in [1.54, 1.807) is 24.3 Å². The van der Waals surface area contributed by atoms with Gasteiger partial charge in [0.2, 0.25) is 5.91 Å². The minimum absolute atomic E-state index is 0.145. The van der Waals surface area contributed by atoms with Crippen LogP contribution in [-0.4, -0.2) is 49.5 Å². The maximum Gasteiger partial charge on any atom is 0.338 e. The topological polar surface area (TPSA) is 84.9 Å². The summed E-state index contributed by atoms with van der Waals surface area (Å²) < 4.78 is 10.6. The molecular formula is C24H30N2O5. The number of hydrogen-bond acceptors (Lipinski definition) is 5. The van der Waals surface area contributed by atoms with Crippen molar-refractivity contribution in [3.8, 4) is 5.75 Å². The first-order valence-electron chi connectivity index (χ1n) is 10.3. The molecule has 0 aliphatic carbocycles. The fourth-order valence-corrected chi connectivity index (χ4v) is 2.84. The van der Waals surface area contributed by atoms with Gasteiger partial charge in [0.05, 0.1) is 18.7 Å². The first kappa shape index (κ1) is 23.9. The molecule has 2 rings (SSSR count). The summed E-state index contributed by atoms with van der Waals surface area (Å²) in [5.41, 5.74) is 2.95. The van der Waals surface area contributed by atoms with E-state index in [9.17, 15) is 14.4 Å². The second kappa shape index (κ2) is 11.7. The average molecular weight is 427 g/mol. The van der Waals surface area contributed by atoms with E-state index < -0.39 is 18.5 Å². The quantitative estimate of drug-likeness (QED) is 0.462. The number of aryl methyl sites for hydroxylation is 2. The van der Waals surface area contributed by atoms with Crippen LogP contribution in [0.5, 0.6) is 5.75 Å². The van der Waals surface area contributed by atoms with Crippen molar-refractivity contribution in [3.63, 3.8) is 0 Å². The molecule has 2 aromatic rings. The van der Waals surface area contributed by atoms with E-state index in [4.69, 9.17) is 9.47 Å². The Morgan fingerprint density at radius 2 is 1.65 bits per heavy atom. The number of ether oxygens (including phenoxy) is 2. The summed E-state index contributed by atoms with van der Waals surface area (Å²) in [6, 6.07) is 12.3. The number of nitrogens with zero attached hydrogens (tertiary/aromatic N) is 1. The summed E-state index contributed by atoms with van der Waals surface area (Å²) in [6.45, 7) is 5.92. The normalized spacial score (nSPS) is 10.3. The van der Waals surface area contributed by atoms with E-state index in [0.717, 1.165) is 29.7 Å². The molecule has 31 heavy (non-hydrogen) atoms.